The molecule has 1 atom stereocenters. The van der Waals surface area contributed by atoms with E-state index in [4.69, 9.17) is 0 Å². The van der Waals surface area contributed by atoms with Crippen LogP contribution in [0.15, 0.2) is 24.3 Å². The molecule has 2 amide bonds. The molecule has 0 aromatic heterocycles. The average molecular weight is 258 g/mol. The Labute approximate surface area is 112 Å². The van der Waals surface area contributed by atoms with Crippen LogP contribution in [0.1, 0.15) is 40.5 Å². The second kappa shape index (κ2) is 4.78. The summed E-state index contributed by atoms with van der Waals surface area (Å²) < 4.78 is 0. The summed E-state index contributed by atoms with van der Waals surface area (Å²) in [5.74, 6) is 0.317. The van der Waals surface area contributed by atoms with E-state index >= 15 is 0 Å². The van der Waals surface area contributed by atoms with Gasteiger partial charge in [-0.1, -0.05) is 19.1 Å². The van der Waals surface area contributed by atoms with E-state index < -0.39 is 0 Å². The summed E-state index contributed by atoms with van der Waals surface area (Å²) in [7, 11) is 0. The van der Waals surface area contributed by atoms with E-state index in [1.165, 1.54) is 17.7 Å². The molecule has 0 spiro atoms. The molecule has 1 saturated carbocycles. The van der Waals surface area contributed by atoms with E-state index in [1.54, 1.807) is 24.3 Å². The molecule has 1 aromatic carbocycles. The molecule has 4 nitrogen and oxygen atoms in total. The lowest BCUT2D eigenvalue weighted by atomic mass is 10.1. The highest BCUT2D eigenvalue weighted by Gasteiger charge is 2.39. The van der Waals surface area contributed by atoms with Gasteiger partial charge in [0.1, 0.15) is 0 Å². The number of amides is 2. The molecule has 1 aromatic rings. The summed E-state index contributed by atoms with van der Waals surface area (Å²) in [6, 6.07) is 7.31. The van der Waals surface area contributed by atoms with Gasteiger partial charge in [-0.05, 0) is 37.4 Å². The van der Waals surface area contributed by atoms with E-state index in [0.29, 0.717) is 23.6 Å². The Bertz CT molecular complexity index is 488. The third-order valence-corrected chi connectivity index (χ3v) is 3.91. The fourth-order valence-electron chi connectivity index (χ4n) is 2.74. The number of rotatable bonds is 5. The van der Waals surface area contributed by atoms with E-state index in [-0.39, 0.29) is 17.9 Å². The van der Waals surface area contributed by atoms with E-state index in [9.17, 15) is 9.59 Å². The van der Waals surface area contributed by atoms with Crippen LogP contribution in [0.4, 0.5) is 0 Å². The number of imide groups is 1. The maximum absolute atomic E-state index is 12.3. The second-order valence-electron chi connectivity index (χ2n) is 5.27. The number of hydrogen-bond acceptors (Lipinski definition) is 3. The average Bonchev–Trinajstić information content (AvgIpc) is 3.23. The standard InChI is InChI=1S/C15H18N2O2/c1-2-16-13(10-7-8-10)9-17-14(18)11-5-3-4-6-12(11)15(17)19/h3-6,10,13,16H,2,7-9H2,1H3. The summed E-state index contributed by atoms with van der Waals surface area (Å²) >= 11 is 0. The fourth-order valence-corrected chi connectivity index (χ4v) is 2.74. The molecule has 1 heterocycles. The Morgan fingerprint density at radius 1 is 1.21 bits per heavy atom. The van der Waals surface area contributed by atoms with Crippen LogP contribution in [0, 0.1) is 5.92 Å². The summed E-state index contributed by atoms with van der Waals surface area (Å²) in [5.41, 5.74) is 1.08. The number of likely N-dealkylation sites (N-methyl/N-ethyl adjacent to an activating group) is 1. The minimum atomic E-state index is -0.149. The van der Waals surface area contributed by atoms with Crippen LogP contribution in [0.5, 0.6) is 0 Å². The smallest absolute Gasteiger partial charge is 0.261 e. The highest BCUT2D eigenvalue weighted by molar-refractivity contribution is 6.21. The second-order valence-corrected chi connectivity index (χ2v) is 5.27. The molecule has 3 rings (SSSR count). The lowest BCUT2D eigenvalue weighted by Gasteiger charge is -2.23. The Hall–Kier alpha value is -1.68. The molecule has 1 N–H and O–H groups in total. The molecular formula is C15H18N2O2. The number of fused-ring (bicyclic) bond motifs is 1. The van der Waals surface area contributed by atoms with Gasteiger partial charge in [-0.15, -0.1) is 0 Å². The van der Waals surface area contributed by atoms with Gasteiger partial charge in [0.15, 0.2) is 0 Å². The van der Waals surface area contributed by atoms with E-state index in [1.807, 2.05) is 0 Å². The lowest BCUT2D eigenvalue weighted by molar-refractivity contribution is 0.0634. The fraction of sp³-hybridized carbons (Fsp3) is 0.467. The van der Waals surface area contributed by atoms with Crippen LogP contribution in [0.2, 0.25) is 0 Å². The Kier molecular flexibility index (Phi) is 3.11. The zero-order valence-electron chi connectivity index (χ0n) is 11.1. The molecule has 1 aliphatic carbocycles. The first-order valence-electron chi connectivity index (χ1n) is 6.91. The van der Waals surface area contributed by atoms with Gasteiger partial charge >= 0.3 is 0 Å². The largest absolute Gasteiger partial charge is 0.312 e. The Balaban J connectivity index is 1.79. The van der Waals surface area contributed by atoms with Crippen molar-refractivity contribution in [1.82, 2.24) is 10.2 Å². The van der Waals surface area contributed by atoms with Crippen molar-refractivity contribution < 1.29 is 9.59 Å². The van der Waals surface area contributed by atoms with Gasteiger partial charge in [0.2, 0.25) is 0 Å². The molecule has 1 unspecified atom stereocenters. The zero-order chi connectivity index (χ0) is 13.4. The molecule has 0 saturated heterocycles. The highest BCUT2D eigenvalue weighted by atomic mass is 16.2. The molecule has 1 aliphatic heterocycles. The summed E-state index contributed by atoms with van der Waals surface area (Å²) in [5, 5.41) is 3.39. The molecule has 2 aliphatic rings. The van der Waals surface area contributed by atoms with Gasteiger partial charge in [0.25, 0.3) is 11.8 Å². The van der Waals surface area contributed by atoms with Crippen LogP contribution in [-0.2, 0) is 0 Å². The van der Waals surface area contributed by atoms with Gasteiger partial charge in [-0.3, -0.25) is 14.5 Å². The zero-order valence-corrected chi connectivity index (χ0v) is 11.1. The predicted octanol–water partition coefficient (Wildman–Crippen LogP) is 1.67. The Morgan fingerprint density at radius 3 is 2.26 bits per heavy atom. The van der Waals surface area contributed by atoms with Crippen molar-refractivity contribution in [3.05, 3.63) is 35.4 Å². The topological polar surface area (TPSA) is 49.4 Å². The molecular weight excluding hydrogens is 240 g/mol. The molecule has 1 fully saturated rings. The van der Waals surface area contributed by atoms with Crippen molar-refractivity contribution in [2.24, 2.45) is 5.92 Å². The van der Waals surface area contributed by atoms with E-state index in [0.717, 1.165) is 6.54 Å². The molecule has 0 radical (unpaired) electrons. The van der Waals surface area contributed by atoms with Gasteiger partial charge < -0.3 is 5.32 Å². The van der Waals surface area contributed by atoms with Crippen LogP contribution in [-0.4, -0.2) is 35.8 Å². The number of nitrogens with zero attached hydrogens (tertiary/aromatic N) is 1. The normalized spacial score (nSPS) is 19.7. The molecule has 0 bridgehead atoms. The quantitative estimate of drug-likeness (QED) is 0.817. The number of nitrogens with one attached hydrogen (secondary N) is 1. The van der Waals surface area contributed by atoms with Crippen molar-refractivity contribution in [1.29, 1.82) is 0 Å². The van der Waals surface area contributed by atoms with Gasteiger partial charge in [-0.25, -0.2) is 0 Å². The number of carbonyl (C=O) groups is 2. The SMILES string of the molecule is CCNC(CN1C(=O)c2ccccc2C1=O)C1CC1. The number of hydrogen-bond donors (Lipinski definition) is 1. The van der Waals surface area contributed by atoms with Crippen LogP contribution < -0.4 is 5.32 Å². The monoisotopic (exact) mass is 258 g/mol. The van der Waals surface area contributed by atoms with Crippen LogP contribution in [0.25, 0.3) is 0 Å². The predicted molar refractivity (Wildman–Crippen MR) is 72.0 cm³/mol. The van der Waals surface area contributed by atoms with Crippen LogP contribution >= 0.6 is 0 Å². The minimum Gasteiger partial charge on any atom is -0.312 e. The van der Waals surface area contributed by atoms with Gasteiger partial charge in [-0.2, -0.15) is 0 Å². The highest BCUT2D eigenvalue weighted by Crippen LogP contribution is 2.34. The van der Waals surface area contributed by atoms with Crippen molar-refractivity contribution in [2.45, 2.75) is 25.8 Å². The maximum atomic E-state index is 12.3. The molecule has 100 valence electrons. The molecule has 4 heteroatoms. The van der Waals surface area contributed by atoms with Crippen molar-refractivity contribution in [3.63, 3.8) is 0 Å². The summed E-state index contributed by atoms with van der Waals surface area (Å²) in [6.07, 6.45) is 2.39. The number of carbonyl (C=O) groups excluding carboxylic acids is 2. The third kappa shape index (κ3) is 2.16. The maximum Gasteiger partial charge on any atom is 0.261 e. The van der Waals surface area contributed by atoms with Crippen molar-refractivity contribution in [3.8, 4) is 0 Å². The first-order valence-corrected chi connectivity index (χ1v) is 6.91. The minimum absolute atomic E-state index is 0.149. The first kappa shape index (κ1) is 12.4. The first-order chi connectivity index (χ1) is 9.22. The van der Waals surface area contributed by atoms with Crippen molar-refractivity contribution in [2.75, 3.05) is 13.1 Å². The van der Waals surface area contributed by atoms with Crippen LogP contribution in [0.3, 0.4) is 0 Å². The van der Waals surface area contributed by atoms with Crippen molar-refractivity contribution >= 4 is 11.8 Å². The summed E-state index contributed by atoms with van der Waals surface area (Å²) in [6.45, 7) is 3.41. The van der Waals surface area contributed by atoms with Gasteiger partial charge in [0.05, 0.1) is 11.1 Å². The Morgan fingerprint density at radius 2 is 1.79 bits per heavy atom. The van der Waals surface area contributed by atoms with E-state index in [2.05, 4.69) is 12.2 Å². The molecule has 19 heavy (non-hydrogen) atoms. The number of benzene rings is 1. The third-order valence-electron chi connectivity index (χ3n) is 3.91. The summed E-state index contributed by atoms with van der Waals surface area (Å²) in [4.78, 5) is 25.9. The van der Waals surface area contributed by atoms with Gasteiger partial charge in [0, 0.05) is 12.6 Å². The lowest BCUT2D eigenvalue weighted by Crippen LogP contribution is -2.44.